The van der Waals surface area contributed by atoms with E-state index in [0.717, 1.165) is 4.47 Å². The highest BCUT2D eigenvalue weighted by Gasteiger charge is 2.40. The van der Waals surface area contributed by atoms with Gasteiger partial charge in [-0.2, -0.15) is 0 Å². The topological polar surface area (TPSA) is 6.48 Å². The summed E-state index contributed by atoms with van der Waals surface area (Å²) in [5, 5.41) is 0. The van der Waals surface area contributed by atoms with Crippen LogP contribution in [0.1, 0.15) is 17.9 Å². The number of hydrogen-bond acceptors (Lipinski definition) is 3. The molecule has 0 bridgehead atoms. The zero-order valence-electron chi connectivity index (χ0n) is 13.5. The standard InChI is InChI=1S/C19H21BrN2S/c1-21-11-10-17-16(12-21)15-4-3-5-18(19(15)22(17)2)23-14-8-6-13(20)7-9-14/h3-9,16-17H,10-12H2,1-2H3/t16?,17-/m0/s1. The molecule has 0 aliphatic carbocycles. The first-order valence-electron chi connectivity index (χ1n) is 8.11. The molecule has 0 aromatic heterocycles. The molecule has 1 unspecified atom stereocenters. The van der Waals surface area contributed by atoms with Crippen LogP contribution in [-0.4, -0.2) is 38.1 Å². The number of hydrogen-bond donors (Lipinski definition) is 0. The number of rotatable bonds is 2. The summed E-state index contributed by atoms with van der Waals surface area (Å²) in [6, 6.07) is 16.1. The van der Waals surface area contributed by atoms with Crippen LogP contribution in [0.5, 0.6) is 0 Å². The molecule has 2 aliphatic rings. The van der Waals surface area contributed by atoms with Crippen molar-refractivity contribution in [3.63, 3.8) is 0 Å². The molecule has 0 spiro atoms. The third-order valence-corrected chi connectivity index (χ3v) is 6.69. The highest BCUT2D eigenvalue weighted by molar-refractivity contribution is 9.10. The van der Waals surface area contributed by atoms with Crippen LogP contribution < -0.4 is 4.90 Å². The molecular formula is C19H21BrN2S. The van der Waals surface area contributed by atoms with E-state index in [1.807, 2.05) is 11.8 Å². The Labute approximate surface area is 151 Å². The van der Waals surface area contributed by atoms with Crippen LogP contribution in [-0.2, 0) is 0 Å². The minimum atomic E-state index is 0.652. The van der Waals surface area contributed by atoms with Crippen molar-refractivity contribution >= 4 is 33.4 Å². The molecule has 0 N–H and O–H groups in total. The predicted molar refractivity (Wildman–Crippen MR) is 102 cm³/mol. The Balaban J connectivity index is 1.70. The Bertz CT molecular complexity index is 716. The fourth-order valence-corrected chi connectivity index (χ4v) is 5.26. The quantitative estimate of drug-likeness (QED) is 0.726. The van der Waals surface area contributed by atoms with Crippen molar-refractivity contribution in [2.75, 3.05) is 32.1 Å². The maximum atomic E-state index is 3.52. The van der Waals surface area contributed by atoms with Gasteiger partial charge in [-0.15, -0.1) is 0 Å². The molecule has 1 fully saturated rings. The average Bonchev–Trinajstić information content (AvgIpc) is 2.83. The van der Waals surface area contributed by atoms with Crippen molar-refractivity contribution in [3.8, 4) is 0 Å². The third kappa shape index (κ3) is 2.81. The van der Waals surface area contributed by atoms with Gasteiger partial charge >= 0.3 is 0 Å². The van der Waals surface area contributed by atoms with E-state index in [4.69, 9.17) is 0 Å². The van der Waals surface area contributed by atoms with Crippen molar-refractivity contribution < 1.29 is 0 Å². The lowest BCUT2D eigenvalue weighted by Gasteiger charge is -2.35. The van der Waals surface area contributed by atoms with E-state index in [1.54, 1.807) is 0 Å². The van der Waals surface area contributed by atoms with Crippen molar-refractivity contribution in [2.24, 2.45) is 0 Å². The van der Waals surface area contributed by atoms with Gasteiger partial charge < -0.3 is 9.80 Å². The number of likely N-dealkylation sites (N-methyl/N-ethyl adjacent to an activating group) is 2. The summed E-state index contributed by atoms with van der Waals surface area (Å²) in [4.78, 5) is 7.68. The summed E-state index contributed by atoms with van der Waals surface area (Å²) < 4.78 is 1.13. The van der Waals surface area contributed by atoms with Crippen molar-refractivity contribution in [1.29, 1.82) is 0 Å². The summed E-state index contributed by atoms with van der Waals surface area (Å²) in [5.41, 5.74) is 2.98. The molecule has 0 radical (unpaired) electrons. The van der Waals surface area contributed by atoms with E-state index < -0.39 is 0 Å². The predicted octanol–water partition coefficient (Wildman–Crippen LogP) is 4.84. The fourth-order valence-electron chi connectivity index (χ4n) is 3.97. The van der Waals surface area contributed by atoms with Gasteiger partial charge in [0, 0.05) is 39.8 Å². The van der Waals surface area contributed by atoms with Gasteiger partial charge in [0.05, 0.1) is 5.69 Å². The molecule has 2 atom stereocenters. The van der Waals surface area contributed by atoms with Gasteiger partial charge in [-0.3, -0.25) is 0 Å². The molecular weight excluding hydrogens is 368 g/mol. The molecule has 2 aromatic carbocycles. The minimum absolute atomic E-state index is 0.652. The maximum absolute atomic E-state index is 3.52. The Hall–Kier alpha value is -0.970. The highest BCUT2D eigenvalue weighted by atomic mass is 79.9. The van der Waals surface area contributed by atoms with Crippen molar-refractivity contribution in [1.82, 2.24) is 4.90 Å². The Morgan fingerprint density at radius 3 is 2.65 bits per heavy atom. The zero-order chi connectivity index (χ0) is 16.0. The second-order valence-electron chi connectivity index (χ2n) is 6.59. The van der Waals surface area contributed by atoms with Crippen molar-refractivity contribution in [2.45, 2.75) is 28.2 Å². The number of para-hydroxylation sites is 1. The van der Waals surface area contributed by atoms with Crippen LogP contribution in [0, 0.1) is 0 Å². The van der Waals surface area contributed by atoms with Gasteiger partial charge in [0.2, 0.25) is 0 Å². The number of piperidine rings is 1. The van der Waals surface area contributed by atoms with Crippen LogP contribution in [0.4, 0.5) is 5.69 Å². The van der Waals surface area contributed by atoms with Crippen LogP contribution in [0.15, 0.2) is 56.7 Å². The van der Waals surface area contributed by atoms with E-state index in [0.29, 0.717) is 12.0 Å². The molecule has 23 heavy (non-hydrogen) atoms. The molecule has 2 aliphatic heterocycles. The van der Waals surface area contributed by atoms with E-state index >= 15 is 0 Å². The molecule has 4 heteroatoms. The molecule has 2 nitrogen and oxygen atoms in total. The highest BCUT2D eigenvalue weighted by Crippen LogP contribution is 2.49. The smallest absolute Gasteiger partial charge is 0.0544 e. The summed E-state index contributed by atoms with van der Waals surface area (Å²) >= 11 is 5.39. The monoisotopic (exact) mass is 388 g/mol. The Kier molecular flexibility index (Phi) is 4.16. The first-order valence-corrected chi connectivity index (χ1v) is 9.72. The Morgan fingerprint density at radius 1 is 1.09 bits per heavy atom. The molecule has 1 saturated heterocycles. The van der Waals surface area contributed by atoms with Gasteiger partial charge in [-0.1, -0.05) is 39.8 Å². The number of benzene rings is 2. The van der Waals surface area contributed by atoms with Crippen LogP contribution in [0.25, 0.3) is 0 Å². The van der Waals surface area contributed by atoms with Crippen LogP contribution in [0.3, 0.4) is 0 Å². The number of anilines is 1. The number of likely N-dealkylation sites (tertiary alicyclic amines) is 1. The molecule has 4 rings (SSSR count). The van der Waals surface area contributed by atoms with Gasteiger partial charge in [0.1, 0.15) is 0 Å². The summed E-state index contributed by atoms with van der Waals surface area (Å²) in [5.74, 6) is 0.652. The van der Waals surface area contributed by atoms with Gasteiger partial charge in [0.15, 0.2) is 0 Å². The second-order valence-corrected chi connectivity index (χ2v) is 8.62. The molecule has 2 heterocycles. The fraction of sp³-hybridized carbons (Fsp3) is 0.368. The first kappa shape index (κ1) is 15.6. The maximum Gasteiger partial charge on any atom is 0.0544 e. The minimum Gasteiger partial charge on any atom is -0.370 e. The van der Waals surface area contributed by atoms with Gasteiger partial charge in [0.25, 0.3) is 0 Å². The van der Waals surface area contributed by atoms with Crippen molar-refractivity contribution in [3.05, 3.63) is 52.5 Å². The first-order chi connectivity index (χ1) is 11.1. The SMILES string of the molecule is CN1CC[C@H]2C(C1)c1cccc(Sc3ccc(Br)cc3)c1N2C. The van der Waals surface area contributed by atoms with Crippen LogP contribution >= 0.6 is 27.7 Å². The van der Waals surface area contributed by atoms with E-state index in [1.165, 1.54) is 40.6 Å². The lowest BCUT2D eigenvalue weighted by Crippen LogP contribution is -2.43. The normalized spacial score (nSPS) is 23.7. The lowest BCUT2D eigenvalue weighted by atomic mass is 9.89. The summed E-state index contributed by atoms with van der Waals surface area (Å²) in [7, 11) is 4.52. The van der Waals surface area contributed by atoms with Crippen LogP contribution in [0.2, 0.25) is 0 Å². The second kappa shape index (κ2) is 6.15. The molecule has 2 aromatic rings. The Morgan fingerprint density at radius 2 is 1.87 bits per heavy atom. The molecule has 0 saturated carbocycles. The zero-order valence-corrected chi connectivity index (χ0v) is 15.9. The summed E-state index contributed by atoms with van der Waals surface area (Å²) in [6.07, 6.45) is 1.26. The number of fused-ring (bicyclic) bond motifs is 3. The average molecular weight is 389 g/mol. The number of halogens is 1. The largest absolute Gasteiger partial charge is 0.370 e. The van der Waals surface area contributed by atoms with E-state index in [2.05, 4.69) is 82.3 Å². The van der Waals surface area contributed by atoms with Gasteiger partial charge in [-0.25, -0.2) is 0 Å². The third-order valence-electron chi connectivity index (χ3n) is 5.10. The summed E-state index contributed by atoms with van der Waals surface area (Å²) in [6.45, 7) is 2.38. The number of nitrogens with zero attached hydrogens (tertiary/aromatic N) is 2. The molecule has 0 amide bonds. The van der Waals surface area contributed by atoms with Gasteiger partial charge in [-0.05, 0) is 55.9 Å². The molecule has 120 valence electrons. The van der Waals surface area contributed by atoms with E-state index in [9.17, 15) is 0 Å². The lowest BCUT2D eigenvalue weighted by molar-refractivity contribution is 0.234. The van der Waals surface area contributed by atoms with E-state index in [-0.39, 0.29) is 0 Å².